The second kappa shape index (κ2) is 7.12. The van der Waals surface area contributed by atoms with Crippen LogP contribution in [0.1, 0.15) is 48.4 Å². The van der Waals surface area contributed by atoms with Gasteiger partial charge in [0.25, 0.3) is 0 Å². The summed E-state index contributed by atoms with van der Waals surface area (Å²) in [6, 6.07) is 2.12. The summed E-state index contributed by atoms with van der Waals surface area (Å²) in [4.78, 5) is 2.42. The van der Waals surface area contributed by atoms with E-state index in [1.165, 1.54) is 22.3 Å². The molecule has 1 spiro atoms. The van der Waals surface area contributed by atoms with Crippen LogP contribution >= 0.6 is 0 Å². The van der Waals surface area contributed by atoms with Crippen LogP contribution in [0, 0.1) is 20.8 Å². The Bertz CT molecular complexity index is 662. The summed E-state index contributed by atoms with van der Waals surface area (Å²) in [6.45, 7) is 11.3. The number of benzene rings is 1. The van der Waals surface area contributed by atoms with Gasteiger partial charge in [0.05, 0.1) is 24.9 Å². The first kappa shape index (κ1) is 19.6. The number of ether oxygens (including phenoxy) is 2. The molecule has 0 bridgehead atoms. The maximum Gasteiger partial charge on any atom is 0.122 e. The molecule has 2 saturated heterocycles. The maximum absolute atomic E-state index is 10.7. The van der Waals surface area contributed by atoms with Crippen LogP contribution in [0.5, 0.6) is 5.75 Å². The van der Waals surface area contributed by atoms with E-state index >= 15 is 0 Å². The van der Waals surface area contributed by atoms with Crippen molar-refractivity contribution in [2.45, 2.75) is 70.8 Å². The van der Waals surface area contributed by atoms with Gasteiger partial charge in [-0.05, 0) is 68.9 Å². The Kier molecular flexibility index (Phi) is 5.37. The van der Waals surface area contributed by atoms with E-state index in [0.29, 0.717) is 13.0 Å². The fourth-order valence-electron chi connectivity index (χ4n) is 4.53. The molecule has 0 unspecified atom stereocenters. The van der Waals surface area contributed by atoms with Crippen molar-refractivity contribution < 1.29 is 19.7 Å². The van der Waals surface area contributed by atoms with Crippen LogP contribution < -0.4 is 4.74 Å². The highest BCUT2D eigenvalue weighted by molar-refractivity contribution is 5.48. The third-order valence-corrected chi connectivity index (χ3v) is 6.60. The van der Waals surface area contributed by atoms with E-state index in [9.17, 15) is 10.2 Å². The number of hydrogen-bond acceptors (Lipinski definition) is 5. The smallest absolute Gasteiger partial charge is 0.122 e. The number of rotatable bonds is 3. The molecule has 3 rings (SSSR count). The van der Waals surface area contributed by atoms with E-state index in [-0.39, 0.29) is 0 Å². The van der Waals surface area contributed by atoms with Crippen LogP contribution in [-0.2, 0) is 11.3 Å². The Morgan fingerprint density at radius 3 is 2.46 bits per heavy atom. The van der Waals surface area contributed by atoms with E-state index in [1.54, 1.807) is 14.0 Å². The van der Waals surface area contributed by atoms with Gasteiger partial charge in [0.2, 0.25) is 0 Å². The van der Waals surface area contributed by atoms with Crippen LogP contribution in [0.4, 0.5) is 0 Å². The first-order chi connectivity index (χ1) is 12.2. The molecule has 0 amide bonds. The number of likely N-dealkylation sites (tertiary alicyclic amines) is 1. The summed E-state index contributed by atoms with van der Waals surface area (Å²) in [5.74, 6) is 0.947. The molecule has 0 aromatic heterocycles. The number of methoxy groups -OCH3 is 1. The van der Waals surface area contributed by atoms with E-state index in [0.717, 1.165) is 38.2 Å². The molecule has 146 valence electrons. The highest BCUT2D eigenvalue weighted by Gasteiger charge is 2.52. The Morgan fingerprint density at radius 1 is 1.19 bits per heavy atom. The Labute approximate surface area is 156 Å². The average molecular weight is 363 g/mol. The summed E-state index contributed by atoms with van der Waals surface area (Å²) in [7, 11) is 1.72. The van der Waals surface area contributed by atoms with Crippen LogP contribution in [0.3, 0.4) is 0 Å². The summed E-state index contributed by atoms with van der Waals surface area (Å²) >= 11 is 0. The average Bonchev–Trinajstić information content (AvgIpc) is 2.61. The summed E-state index contributed by atoms with van der Waals surface area (Å²) in [5, 5.41) is 21.1. The molecule has 2 aliphatic heterocycles. The lowest BCUT2D eigenvalue weighted by Gasteiger charge is -2.51. The third-order valence-electron chi connectivity index (χ3n) is 6.60. The van der Waals surface area contributed by atoms with Crippen molar-refractivity contribution in [3.8, 4) is 5.75 Å². The zero-order valence-electron chi connectivity index (χ0n) is 16.8. The number of hydrogen-bond donors (Lipinski definition) is 2. The molecule has 2 fully saturated rings. The van der Waals surface area contributed by atoms with Gasteiger partial charge in [0, 0.05) is 26.1 Å². The molecular weight excluding hydrogens is 330 g/mol. The van der Waals surface area contributed by atoms with Crippen molar-refractivity contribution in [1.29, 1.82) is 0 Å². The monoisotopic (exact) mass is 363 g/mol. The maximum atomic E-state index is 10.7. The predicted octanol–water partition coefficient (Wildman–Crippen LogP) is 2.49. The molecule has 0 saturated carbocycles. The molecule has 2 aliphatic rings. The van der Waals surface area contributed by atoms with Gasteiger partial charge in [0.1, 0.15) is 11.9 Å². The van der Waals surface area contributed by atoms with Crippen LogP contribution in [0.25, 0.3) is 0 Å². The van der Waals surface area contributed by atoms with Crippen molar-refractivity contribution >= 4 is 0 Å². The first-order valence-electron chi connectivity index (χ1n) is 9.60. The molecule has 5 nitrogen and oxygen atoms in total. The molecular formula is C21H33NO4. The van der Waals surface area contributed by atoms with Crippen molar-refractivity contribution in [3.63, 3.8) is 0 Å². The minimum Gasteiger partial charge on any atom is -0.496 e. The van der Waals surface area contributed by atoms with Crippen LogP contribution in [0.15, 0.2) is 6.07 Å². The molecule has 0 aliphatic carbocycles. The lowest BCUT2D eigenvalue weighted by Crippen LogP contribution is -2.64. The second-order valence-electron chi connectivity index (χ2n) is 8.32. The molecule has 26 heavy (non-hydrogen) atoms. The second-order valence-corrected chi connectivity index (χ2v) is 8.32. The minimum absolute atomic E-state index is 0.489. The molecule has 1 aromatic rings. The van der Waals surface area contributed by atoms with Gasteiger partial charge in [-0.15, -0.1) is 0 Å². The number of aliphatic hydroxyl groups is 2. The largest absolute Gasteiger partial charge is 0.496 e. The molecule has 2 atom stereocenters. The summed E-state index contributed by atoms with van der Waals surface area (Å²) in [5.41, 5.74) is 3.44. The number of piperidine rings is 1. The standard InChI is InChI=1S/C21H33NO4/c1-14-12-18(25-5)16(3)15(2)17(14)13-22-9-6-21(7-10-22)19(23)20(4,24)8-11-26-21/h12,19,23-24H,6-11,13H2,1-5H3/t19-,20+/m0/s1. The van der Waals surface area contributed by atoms with Crippen LogP contribution in [-0.4, -0.2) is 59.2 Å². The molecule has 2 N–H and O–H groups in total. The zero-order chi connectivity index (χ0) is 19.1. The minimum atomic E-state index is -1.05. The topological polar surface area (TPSA) is 62.2 Å². The van der Waals surface area contributed by atoms with Gasteiger partial charge in [-0.25, -0.2) is 0 Å². The Morgan fingerprint density at radius 2 is 1.85 bits per heavy atom. The Hall–Kier alpha value is -1.14. The number of aryl methyl sites for hydroxylation is 1. The highest BCUT2D eigenvalue weighted by Crippen LogP contribution is 2.40. The molecule has 5 heteroatoms. The highest BCUT2D eigenvalue weighted by atomic mass is 16.5. The lowest BCUT2D eigenvalue weighted by atomic mass is 9.75. The van der Waals surface area contributed by atoms with E-state index in [1.807, 2.05) is 0 Å². The van der Waals surface area contributed by atoms with Gasteiger partial charge < -0.3 is 19.7 Å². The summed E-state index contributed by atoms with van der Waals surface area (Å²) < 4.78 is 11.5. The van der Waals surface area contributed by atoms with Crippen molar-refractivity contribution in [1.82, 2.24) is 4.90 Å². The number of nitrogens with zero attached hydrogens (tertiary/aromatic N) is 1. The SMILES string of the molecule is COc1cc(C)c(CN2CCC3(CC2)OCC[C@@](C)(O)[C@@H]3O)c(C)c1C. The fourth-order valence-corrected chi connectivity index (χ4v) is 4.53. The third kappa shape index (κ3) is 3.38. The molecule has 2 heterocycles. The Balaban J connectivity index is 1.71. The van der Waals surface area contributed by atoms with E-state index in [2.05, 4.69) is 31.7 Å². The van der Waals surface area contributed by atoms with Crippen LogP contribution in [0.2, 0.25) is 0 Å². The summed E-state index contributed by atoms with van der Waals surface area (Å²) in [6.07, 6.45) is 1.16. The quantitative estimate of drug-likeness (QED) is 0.864. The van der Waals surface area contributed by atoms with Crippen molar-refractivity contribution in [2.24, 2.45) is 0 Å². The fraction of sp³-hybridized carbons (Fsp3) is 0.714. The van der Waals surface area contributed by atoms with Gasteiger partial charge in [-0.1, -0.05) is 0 Å². The predicted molar refractivity (Wildman–Crippen MR) is 102 cm³/mol. The lowest BCUT2D eigenvalue weighted by molar-refractivity contribution is -0.246. The van der Waals surface area contributed by atoms with Gasteiger partial charge >= 0.3 is 0 Å². The van der Waals surface area contributed by atoms with E-state index < -0.39 is 17.3 Å². The van der Waals surface area contributed by atoms with Gasteiger partial charge in [-0.2, -0.15) is 0 Å². The first-order valence-corrected chi connectivity index (χ1v) is 9.60. The normalized spacial score (nSPS) is 29.1. The molecule has 0 radical (unpaired) electrons. The molecule has 1 aromatic carbocycles. The zero-order valence-corrected chi connectivity index (χ0v) is 16.8. The van der Waals surface area contributed by atoms with Crippen molar-refractivity contribution in [2.75, 3.05) is 26.8 Å². The number of aliphatic hydroxyl groups excluding tert-OH is 1. The van der Waals surface area contributed by atoms with Crippen molar-refractivity contribution in [3.05, 3.63) is 28.3 Å². The van der Waals surface area contributed by atoms with Gasteiger partial charge in [0.15, 0.2) is 0 Å². The van der Waals surface area contributed by atoms with Gasteiger partial charge in [-0.3, -0.25) is 4.90 Å². The van der Waals surface area contributed by atoms with E-state index in [4.69, 9.17) is 9.47 Å².